The van der Waals surface area contributed by atoms with E-state index >= 15 is 0 Å². The van der Waals surface area contributed by atoms with E-state index in [2.05, 4.69) is 4.99 Å². The van der Waals surface area contributed by atoms with Crippen molar-refractivity contribution in [2.45, 2.75) is 13.3 Å². The van der Waals surface area contributed by atoms with Gasteiger partial charge < -0.3 is 4.90 Å². The van der Waals surface area contributed by atoms with Crippen LogP contribution in [0.25, 0.3) is 0 Å². The average Bonchev–Trinajstić information content (AvgIpc) is 1.82. The maximum Gasteiger partial charge on any atom is 0.246 e. The second-order valence-electron chi connectivity index (χ2n) is 1.84. The Bertz CT molecular complexity index is 143. The summed E-state index contributed by atoms with van der Waals surface area (Å²) < 4.78 is 6.95. The third kappa shape index (κ3) is 5.00. The van der Waals surface area contributed by atoms with Crippen molar-refractivity contribution in [1.29, 1.82) is 0 Å². The van der Waals surface area contributed by atoms with Gasteiger partial charge in [-0.1, -0.05) is 6.92 Å². The summed E-state index contributed by atoms with van der Waals surface area (Å²) in [6.07, 6.45) is 0.643. The van der Waals surface area contributed by atoms with Crippen LogP contribution in [0.2, 0.25) is 0 Å². The van der Waals surface area contributed by atoms with Crippen LogP contribution in [0, 0.1) is 0 Å². The minimum Gasteiger partial charge on any atom is -0.369 e. The largest absolute Gasteiger partial charge is 0.369 e. The molecule has 0 aromatic rings. The van der Waals surface area contributed by atoms with Gasteiger partial charge in [-0.3, -0.25) is 4.79 Å². The standard InChI is InChI=1S/C6H12N2O/c1-4-6(9)7-5-8(2)3/h5H,4H2,1-3H3/i4D. The zero-order valence-corrected chi connectivity index (χ0v) is 5.96. The van der Waals surface area contributed by atoms with E-state index in [-0.39, 0.29) is 0 Å². The van der Waals surface area contributed by atoms with E-state index in [0.29, 0.717) is 0 Å². The third-order valence-corrected chi connectivity index (χ3v) is 0.663. The lowest BCUT2D eigenvalue weighted by molar-refractivity contribution is -0.117. The molecule has 0 radical (unpaired) electrons. The molecular formula is C6H12N2O. The molecule has 3 heteroatoms. The number of hydrogen-bond donors (Lipinski definition) is 0. The van der Waals surface area contributed by atoms with Crippen LogP contribution in [0.3, 0.4) is 0 Å². The maximum absolute atomic E-state index is 10.6. The lowest BCUT2D eigenvalue weighted by atomic mass is 10.5. The van der Waals surface area contributed by atoms with Crippen LogP contribution >= 0.6 is 0 Å². The van der Waals surface area contributed by atoms with Crippen LogP contribution in [0.4, 0.5) is 0 Å². The average molecular weight is 129 g/mol. The summed E-state index contributed by atoms with van der Waals surface area (Å²) in [4.78, 5) is 15.8. The Balaban J connectivity index is 3.79. The number of amides is 1. The van der Waals surface area contributed by atoms with Crippen molar-refractivity contribution in [3.05, 3.63) is 0 Å². The van der Waals surface area contributed by atoms with Crippen molar-refractivity contribution in [2.75, 3.05) is 14.1 Å². The van der Waals surface area contributed by atoms with Crippen molar-refractivity contribution in [3.63, 3.8) is 0 Å². The summed E-state index contributed by atoms with van der Waals surface area (Å²) >= 11 is 0. The molecule has 0 heterocycles. The van der Waals surface area contributed by atoms with Gasteiger partial charge in [-0.2, -0.15) is 0 Å². The molecule has 9 heavy (non-hydrogen) atoms. The Morgan fingerprint density at radius 1 is 1.89 bits per heavy atom. The molecule has 1 atom stereocenters. The van der Waals surface area contributed by atoms with E-state index in [9.17, 15) is 4.79 Å². The number of hydrogen-bond acceptors (Lipinski definition) is 1. The molecule has 0 rings (SSSR count). The van der Waals surface area contributed by atoms with Gasteiger partial charge in [-0.15, -0.1) is 0 Å². The third-order valence-electron chi connectivity index (χ3n) is 0.663. The molecule has 52 valence electrons. The SMILES string of the molecule is [2H]C(C)C(=O)N=CN(C)C. The summed E-state index contributed by atoms with van der Waals surface area (Å²) in [5.41, 5.74) is 0. The minimum atomic E-state index is -0.754. The Hall–Kier alpha value is -0.860. The van der Waals surface area contributed by atoms with Crippen LogP contribution in [0.5, 0.6) is 0 Å². The molecule has 0 aromatic carbocycles. The second-order valence-corrected chi connectivity index (χ2v) is 1.84. The summed E-state index contributed by atoms with van der Waals surface area (Å²) in [7, 11) is 3.54. The maximum atomic E-state index is 10.6. The normalized spacial score (nSPS) is 15.2. The summed E-state index contributed by atoms with van der Waals surface area (Å²) in [5, 5.41) is 0. The van der Waals surface area contributed by atoms with Crippen molar-refractivity contribution < 1.29 is 6.17 Å². The van der Waals surface area contributed by atoms with E-state index in [1.54, 1.807) is 19.0 Å². The number of nitrogens with zero attached hydrogens (tertiary/aromatic N) is 2. The molecule has 0 aliphatic carbocycles. The fourth-order valence-electron chi connectivity index (χ4n) is 0.247. The lowest BCUT2D eigenvalue weighted by Gasteiger charge is -1.99. The van der Waals surface area contributed by atoms with Crippen molar-refractivity contribution in [1.82, 2.24) is 4.90 Å². The number of carbonyl (C=O) groups excluding carboxylic acids is 1. The first-order valence-electron chi connectivity index (χ1n) is 3.28. The van der Waals surface area contributed by atoms with Gasteiger partial charge in [0.15, 0.2) is 0 Å². The fraction of sp³-hybridized carbons (Fsp3) is 0.667. The van der Waals surface area contributed by atoms with Gasteiger partial charge in [0.2, 0.25) is 5.91 Å². The van der Waals surface area contributed by atoms with Crippen molar-refractivity contribution in [2.24, 2.45) is 4.99 Å². The first kappa shape index (κ1) is 6.26. The van der Waals surface area contributed by atoms with Crippen LogP contribution in [-0.2, 0) is 4.79 Å². The summed E-state index contributed by atoms with van der Waals surface area (Å²) in [5.74, 6) is -0.409. The Morgan fingerprint density at radius 3 is 2.78 bits per heavy atom. The van der Waals surface area contributed by atoms with E-state index in [0.717, 1.165) is 0 Å². The quantitative estimate of drug-likeness (QED) is 0.402. The van der Waals surface area contributed by atoms with Gasteiger partial charge >= 0.3 is 0 Å². The number of carbonyl (C=O) groups is 1. The van der Waals surface area contributed by atoms with Crippen LogP contribution < -0.4 is 0 Å². The van der Waals surface area contributed by atoms with Gasteiger partial charge in [0.1, 0.15) is 0 Å². The molecule has 0 aliphatic heterocycles. The molecule has 0 spiro atoms. The molecule has 1 amide bonds. The van der Waals surface area contributed by atoms with Crippen molar-refractivity contribution in [3.8, 4) is 0 Å². The van der Waals surface area contributed by atoms with E-state index in [1.165, 1.54) is 13.3 Å². The predicted molar refractivity (Wildman–Crippen MR) is 37.5 cm³/mol. The molecule has 0 N–H and O–H groups in total. The van der Waals surface area contributed by atoms with Gasteiger partial charge in [-0.05, 0) is 0 Å². The van der Waals surface area contributed by atoms with Crippen LogP contribution in [0.15, 0.2) is 4.99 Å². The summed E-state index contributed by atoms with van der Waals surface area (Å²) in [6, 6.07) is 0. The highest BCUT2D eigenvalue weighted by molar-refractivity contribution is 5.83. The topological polar surface area (TPSA) is 32.7 Å². The highest BCUT2D eigenvalue weighted by atomic mass is 16.1. The molecule has 0 fully saturated rings. The molecule has 0 saturated heterocycles. The molecule has 3 nitrogen and oxygen atoms in total. The van der Waals surface area contributed by atoms with Gasteiger partial charge in [0.25, 0.3) is 0 Å². The Kier molecular flexibility index (Phi) is 2.83. The van der Waals surface area contributed by atoms with Crippen molar-refractivity contribution >= 4 is 12.2 Å². The highest BCUT2D eigenvalue weighted by Gasteiger charge is 1.88. The number of rotatable bonds is 2. The molecule has 0 aliphatic rings. The summed E-state index contributed by atoms with van der Waals surface area (Å²) in [6.45, 7) is 1.50. The fourth-order valence-corrected chi connectivity index (χ4v) is 0.247. The van der Waals surface area contributed by atoms with Gasteiger partial charge in [-0.25, -0.2) is 4.99 Å². The first-order valence-corrected chi connectivity index (χ1v) is 2.70. The highest BCUT2D eigenvalue weighted by Crippen LogP contribution is 1.79. The zero-order valence-electron chi connectivity index (χ0n) is 6.96. The molecular weight excluding hydrogens is 116 g/mol. The first-order chi connectivity index (χ1) is 4.54. The Morgan fingerprint density at radius 2 is 2.44 bits per heavy atom. The monoisotopic (exact) mass is 129 g/mol. The van der Waals surface area contributed by atoms with Gasteiger partial charge in [0, 0.05) is 21.9 Å². The zero-order chi connectivity index (χ0) is 8.15. The van der Waals surface area contributed by atoms with E-state index < -0.39 is 12.3 Å². The lowest BCUT2D eigenvalue weighted by Crippen LogP contribution is -2.09. The Labute approximate surface area is 56.8 Å². The smallest absolute Gasteiger partial charge is 0.246 e. The second kappa shape index (κ2) is 4.06. The molecule has 0 saturated carbocycles. The van der Waals surface area contributed by atoms with Gasteiger partial charge in [0.05, 0.1) is 6.34 Å². The predicted octanol–water partition coefficient (Wildman–Crippen LogP) is 0.513. The molecule has 0 aromatic heterocycles. The van der Waals surface area contributed by atoms with Crippen LogP contribution in [-0.4, -0.2) is 31.2 Å². The number of aliphatic imine (C=N–C) groups is 1. The molecule has 1 unspecified atom stereocenters. The van der Waals surface area contributed by atoms with Crippen LogP contribution in [0.1, 0.15) is 14.7 Å². The molecule has 0 bridgehead atoms. The van der Waals surface area contributed by atoms with E-state index in [1.807, 2.05) is 0 Å². The van der Waals surface area contributed by atoms with E-state index in [4.69, 9.17) is 1.37 Å². The minimum absolute atomic E-state index is 0.409.